The van der Waals surface area contributed by atoms with Crippen molar-refractivity contribution >= 4 is 5.91 Å². The Morgan fingerprint density at radius 3 is 2.50 bits per heavy atom. The average molecular weight is 353 g/mol. The first-order valence-electron chi connectivity index (χ1n) is 8.68. The fourth-order valence-corrected chi connectivity index (χ4v) is 4.21. The minimum absolute atomic E-state index is 0.000993. The maximum atomic E-state index is 13.1. The molecular weight excluding hydrogens is 334 g/mol. The van der Waals surface area contributed by atoms with Crippen LogP contribution in [0.25, 0.3) is 0 Å². The Morgan fingerprint density at radius 2 is 1.73 bits per heavy atom. The number of carbonyl (C=O) groups is 1. The lowest BCUT2D eigenvalue weighted by atomic mass is 9.83. The van der Waals surface area contributed by atoms with Crippen LogP contribution in [0.4, 0.5) is 0 Å². The summed E-state index contributed by atoms with van der Waals surface area (Å²) >= 11 is 0. The van der Waals surface area contributed by atoms with Gasteiger partial charge < -0.3 is 23.8 Å². The smallest absolute Gasteiger partial charge is 0.254 e. The summed E-state index contributed by atoms with van der Waals surface area (Å²) in [6, 6.07) is 7.81. The molecule has 2 aromatic carbocycles. The molecule has 0 aliphatic carbocycles. The lowest BCUT2D eigenvalue weighted by Gasteiger charge is -2.41. The van der Waals surface area contributed by atoms with E-state index in [4.69, 9.17) is 18.9 Å². The molecule has 6 heteroatoms. The molecule has 0 saturated heterocycles. The van der Waals surface area contributed by atoms with Gasteiger partial charge in [0.1, 0.15) is 0 Å². The van der Waals surface area contributed by atoms with E-state index >= 15 is 0 Å². The van der Waals surface area contributed by atoms with Crippen LogP contribution < -0.4 is 18.9 Å². The Hall–Kier alpha value is -2.89. The van der Waals surface area contributed by atoms with E-state index in [0.717, 1.165) is 35.3 Å². The van der Waals surface area contributed by atoms with Gasteiger partial charge in [-0.15, -0.1) is 0 Å². The Labute approximate surface area is 151 Å². The van der Waals surface area contributed by atoms with E-state index in [2.05, 4.69) is 0 Å². The van der Waals surface area contributed by atoms with Crippen molar-refractivity contribution in [3.63, 3.8) is 0 Å². The number of ether oxygens (including phenoxy) is 4. The van der Waals surface area contributed by atoms with Crippen LogP contribution in [0.5, 0.6) is 23.0 Å². The number of hydrogen-bond donors (Lipinski definition) is 0. The van der Waals surface area contributed by atoms with Crippen molar-refractivity contribution in [1.29, 1.82) is 0 Å². The van der Waals surface area contributed by atoms with Gasteiger partial charge in [-0.3, -0.25) is 4.79 Å². The molecule has 1 atom stereocenters. The molecule has 0 saturated carbocycles. The van der Waals surface area contributed by atoms with Crippen LogP contribution in [0, 0.1) is 0 Å². The highest BCUT2D eigenvalue weighted by atomic mass is 16.7. The summed E-state index contributed by atoms with van der Waals surface area (Å²) in [4.78, 5) is 15.1. The molecule has 0 fully saturated rings. The maximum absolute atomic E-state index is 13.1. The summed E-state index contributed by atoms with van der Waals surface area (Å²) in [7, 11) is 3.27. The van der Waals surface area contributed by atoms with E-state index in [-0.39, 0.29) is 18.7 Å². The average Bonchev–Trinajstić information content (AvgIpc) is 3.13. The van der Waals surface area contributed by atoms with Gasteiger partial charge in [-0.1, -0.05) is 0 Å². The fourth-order valence-electron chi connectivity index (χ4n) is 4.21. The largest absolute Gasteiger partial charge is 0.493 e. The summed E-state index contributed by atoms with van der Waals surface area (Å²) < 4.78 is 21.8. The van der Waals surface area contributed by atoms with Gasteiger partial charge in [0.25, 0.3) is 5.91 Å². The molecule has 0 N–H and O–H groups in total. The van der Waals surface area contributed by atoms with Crippen molar-refractivity contribution in [1.82, 2.24) is 4.90 Å². The third-order valence-electron chi connectivity index (χ3n) is 5.51. The maximum Gasteiger partial charge on any atom is 0.254 e. The molecule has 3 aliphatic rings. The molecule has 2 aromatic rings. The lowest BCUT2D eigenvalue weighted by molar-refractivity contribution is 0.0631. The van der Waals surface area contributed by atoms with Gasteiger partial charge in [-0.25, -0.2) is 0 Å². The molecule has 3 heterocycles. The molecule has 5 rings (SSSR count). The van der Waals surface area contributed by atoms with Crippen molar-refractivity contribution in [3.8, 4) is 23.0 Å². The molecule has 3 aliphatic heterocycles. The number of nitrogens with zero attached hydrogens (tertiary/aromatic N) is 1. The van der Waals surface area contributed by atoms with Crippen LogP contribution >= 0.6 is 0 Å². The molecule has 0 aromatic heterocycles. The number of hydrogen-bond acceptors (Lipinski definition) is 5. The van der Waals surface area contributed by atoms with Gasteiger partial charge in [-0.2, -0.15) is 0 Å². The van der Waals surface area contributed by atoms with Crippen LogP contribution in [0.3, 0.4) is 0 Å². The molecule has 0 radical (unpaired) electrons. The summed E-state index contributed by atoms with van der Waals surface area (Å²) in [6.07, 6.45) is 1.55. The van der Waals surface area contributed by atoms with Gasteiger partial charge in [0.2, 0.25) is 6.79 Å². The van der Waals surface area contributed by atoms with E-state index < -0.39 is 0 Å². The molecule has 134 valence electrons. The first-order chi connectivity index (χ1) is 12.7. The van der Waals surface area contributed by atoms with Crippen LogP contribution in [0.15, 0.2) is 24.3 Å². The fraction of sp³-hybridized carbons (Fsp3) is 0.350. The van der Waals surface area contributed by atoms with Crippen molar-refractivity contribution < 1.29 is 23.7 Å². The van der Waals surface area contributed by atoms with Gasteiger partial charge in [-0.05, 0) is 53.8 Å². The summed E-state index contributed by atoms with van der Waals surface area (Å²) in [5.74, 6) is 2.84. The van der Waals surface area contributed by atoms with E-state index in [0.29, 0.717) is 23.8 Å². The molecule has 6 nitrogen and oxygen atoms in total. The van der Waals surface area contributed by atoms with Crippen LogP contribution in [0.1, 0.15) is 33.1 Å². The lowest BCUT2D eigenvalue weighted by Crippen LogP contribution is -2.44. The third kappa shape index (κ3) is 2.08. The number of rotatable bonds is 2. The number of carbonyl (C=O) groups excluding carboxylic acids is 1. The Balaban J connectivity index is 1.61. The Bertz CT molecular complexity index is 923. The Morgan fingerprint density at radius 1 is 1.00 bits per heavy atom. The van der Waals surface area contributed by atoms with Crippen molar-refractivity contribution in [2.45, 2.75) is 18.9 Å². The SMILES string of the molecule is COc1cc2c(cc1OC)C1Cc3cc4c(cc3C(=O)N1CC2)OCO4. The minimum atomic E-state index is -0.000993. The zero-order chi connectivity index (χ0) is 17.8. The summed E-state index contributed by atoms with van der Waals surface area (Å²) in [5, 5.41) is 0. The normalized spacial score (nSPS) is 19.5. The quantitative estimate of drug-likeness (QED) is 0.831. The molecule has 1 unspecified atom stereocenters. The standard InChI is InChI=1S/C20H19NO5/c1-23-16-6-11-3-4-21-15(13(11)8-17(16)24-2)5-12-7-18-19(26-10-25-18)9-14(12)20(21)22/h6-9,15H,3-5,10H2,1-2H3. The highest BCUT2D eigenvalue weighted by Crippen LogP contribution is 2.45. The van der Waals surface area contributed by atoms with Gasteiger partial charge in [0, 0.05) is 12.1 Å². The molecule has 0 spiro atoms. The first-order valence-corrected chi connectivity index (χ1v) is 8.68. The second kappa shape index (κ2) is 5.56. The number of benzene rings is 2. The second-order valence-electron chi connectivity index (χ2n) is 6.74. The summed E-state index contributed by atoms with van der Waals surface area (Å²) in [5.41, 5.74) is 4.06. The van der Waals surface area contributed by atoms with Crippen LogP contribution in [-0.4, -0.2) is 38.4 Å². The minimum Gasteiger partial charge on any atom is -0.493 e. The molecule has 1 amide bonds. The number of amides is 1. The topological polar surface area (TPSA) is 57.2 Å². The third-order valence-corrected chi connectivity index (χ3v) is 5.51. The van der Waals surface area contributed by atoms with Crippen LogP contribution in [0.2, 0.25) is 0 Å². The van der Waals surface area contributed by atoms with Gasteiger partial charge >= 0.3 is 0 Å². The van der Waals surface area contributed by atoms with Gasteiger partial charge in [0.15, 0.2) is 23.0 Å². The summed E-state index contributed by atoms with van der Waals surface area (Å²) in [6.45, 7) is 0.902. The van der Waals surface area contributed by atoms with Gasteiger partial charge in [0.05, 0.1) is 20.3 Å². The second-order valence-corrected chi connectivity index (χ2v) is 6.74. The monoisotopic (exact) mass is 353 g/mol. The molecule has 0 bridgehead atoms. The zero-order valence-corrected chi connectivity index (χ0v) is 14.7. The van der Waals surface area contributed by atoms with Crippen LogP contribution in [-0.2, 0) is 12.8 Å². The first kappa shape index (κ1) is 15.4. The van der Waals surface area contributed by atoms with Crippen molar-refractivity contribution in [2.75, 3.05) is 27.6 Å². The number of fused-ring (bicyclic) bond motifs is 5. The van der Waals surface area contributed by atoms with E-state index in [9.17, 15) is 4.79 Å². The Kier molecular flexibility index (Phi) is 3.29. The highest BCUT2D eigenvalue weighted by Gasteiger charge is 2.38. The number of methoxy groups -OCH3 is 2. The predicted molar refractivity (Wildman–Crippen MR) is 93.3 cm³/mol. The predicted octanol–water partition coefficient (Wildman–Crippen LogP) is 2.73. The zero-order valence-electron chi connectivity index (χ0n) is 14.7. The van der Waals surface area contributed by atoms with E-state index in [1.807, 2.05) is 29.2 Å². The van der Waals surface area contributed by atoms with E-state index in [1.54, 1.807) is 14.2 Å². The highest BCUT2D eigenvalue weighted by molar-refractivity contribution is 5.98. The van der Waals surface area contributed by atoms with E-state index in [1.165, 1.54) is 5.56 Å². The molecular formula is C20H19NO5. The molecule has 26 heavy (non-hydrogen) atoms. The van der Waals surface area contributed by atoms with Crippen molar-refractivity contribution in [2.24, 2.45) is 0 Å². The van der Waals surface area contributed by atoms with Crippen molar-refractivity contribution in [3.05, 3.63) is 46.5 Å².